The van der Waals surface area contributed by atoms with Crippen molar-refractivity contribution in [3.05, 3.63) is 71.8 Å². The van der Waals surface area contributed by atoms with E-state index in [1.807, 2.05) is 0 Å². The van der Waals surface area contributed by atoms with Crippen LogP contribution in [0, 0.1) is 0 Å². The van der Waals surface area contributed by atoms with Gasteiger partial charge in [-0.05, 0) is 25.6 Å². The highest BCUT2D eigenvalue weighted by Crippen LogP contribution is 2.19. The molecule has 0 radical (unpaired) electrons. The third-order valence-corrected chi connectivity index (χ3v) is 5.73. The standard InChI is InChI=1S/C22H29N3S/c1-3-18(2)23-22(26)25-16-14-24(15-17-25)21(19-10-6-4-7-11-19)20-12-8-5-9-13-20/h4-13,18,21H,3,14-17H2,1-2H3,(H,23,26)/p+1/t18-/m1/s1. The fourth-order valence-corrected chi connectivity index (χ4v) is 4.03. The number of hydrogen-bond acceptors (Lipinski definition) is 1. The first kappa shape index (κ1) is 18.9. The normalized spacial score (nSPS) is 16.5. The van der Waals surface area contributed by atoms with Crippen LogP contribution < -0.4 is 10.2 Å². The Balaban J connectivity index is 1.71. The van der Waals surface area contributed by atoms with Gasteiger partial charge in [-0.1, -0.05) is 67.6 Å². The molecule has 1 aliphatic rings. The van der Waals surface area contributed by atoms with E-state index in [4.69, 9.17) is 12.2 Å². The first-order valence-corrected chi connectivity index (χ1v) is 10.1. The summed E-state index contributed by atoms with van der Waals surface area (Å²) in [6.45, 7) is 8.58. The number of benzene rings is 2. The van der Waals surface area contributed by atoms with E-state index in [-0.39, 0.29) is 0 Å². The van der Waals surface area contributed by atoms with E-state index in [0.29, 0.717) is 12.1 Å². The Morgan fingerprint density at radius 1 is 1.00 bits per heavy atom. The summed E-state index contributed by atoms with van der Waals surface area (Å²) in [4.78, 5) is 3.95. The lowest BCUT2D eigenvalue weighted by Crippen LogP contribution is -3.15. The molecule has 0 aromatic heterocycles. The summed E-state index contributed by atoms with van der Waals surface area (Å²) in [7, 11) is 0. The average molecular weight is 369 g/mol. The molecule has 138 valence electrons. The Morgan fingerprint density at radius 3 is 1.96 bits per heavy atom. The van der Waals surface area contributed by atoms with E-state index in [9.17, 15) is 0 Å². The highest BCUT2D eigenvalue weighted by molar-refractivity contribution is 7.80. The number of thiocarbonyl (C=S) groups is 1. The Morgan fingerprint density at radius 2 is 1.50 bits per heavy atom. The molecule has 1 fully saturated rings. The smallest absolute Gasteiger partial charge is 0.169 e. The van der Waals surface area contributed by atoms with Crippen LogP contribution in [0.15, 0.2) is 60.7 Å². The van der Waals surface area contributed by atoms with Crippen molar-refractivity contribution in [2.24, 2.45) is 0 Å². The maximum atomic E-state index is 5.61. The summed E-state index contributed by atoms with van der Waals surface area (Å²) in [6.07, 6.45) is 1.09. The third kappa shape index (κ3) is 4.63. The van der Waals surface area contributed by atoms with Crippen molar-refractivity contribution in [3.63, 3.8) is 0 Å². The van der Waals surface area contributed by atoms with E-state index in [0.717, 1.165) is 37.7 Å². The topological polar surface area (TPSA) is 19.7 Å². The van der Waals surface area contributed by atoms with Crippen molar-refractivity contribution in [1.29, 1.82) is 0 Å². The van der Waals surface area contributed by atoms with E-state index in [1.165, 1.54) is 11.1 Å². The van der Waals surface area contributed by atoms with Gasteiger partial charge in [-0.15, -0.1) is 0 Å². The van der Waals surface area contributed by atoms with Gasteiger partial charge in [0.05, 0.1) is 26.2 Å². The van der Waals surface area contributed by atoms with Crippen molar-refractivity contribution in [3.8, 4) is 0 Å². The van der Waals surface area contributed by atoms with E-state index < -0.39 is 0 Å². The molecule has 2 N–H and O–H groups in total. The zero-order valence-corrected chi connectivity index (χ0v) is 16.6. The van der Waals surface area contributed by atoms with Gasteiger partial charge in [0, 0.05) is 17.2 Å². The van der Waals surface area contributed by atoms with E-state index in [1.54, 1.807) is 4.90 Å². The summed E-state index contributed by atoms with van der Waals surface area (Å²) in [5, 5.41) is 4.37. The molecule has 1 saturated heterocycles. The summed E-state index contributed by atoms with van der Waals surface area (Å²) < 4.78 is 0. The van der Waals surface area contributed by atoms with Gasteiger partial charge in [-0.2, -0.15) is 0 Å². The molecule has 0 unspecified atom stereocenters. The van der Waals surface area contributed by atoms with Gasteiger partial charge < -0.3 is 15.1 Å². The predicted molar refractivity (Wildman–Crippen MR) is 112 cm³/mol. The molecular weight excluding hydrogens is 338 g/mol. The largest absolute Gasteiger partial charge is 0.360 e. The molecule has 3 rings (SSSR count). The van der Waals surface area contributed by atoms with Crippen LogP contribution in [-0.2, 0) is 0 Å². The maximum absolute atomic E-state index is 5.61. The second-order valence-corrected chi connectivity index (χ2v) is 7.55. The minimum absolute atomic E-state index is 0.385. The Bertz CT molecular complexity index is 642. The first-order valence-electron chi connectivity index (χ1n) is 9.69. The fourth-order valence-electron chi connectivity index (χ4n) is 3.64. The number of quaternary nitrogens is 1. The summed E-state index contributed by atoms with van der Waals surface area (Å²) in [5.41, 5.74) is 2.78. The number of nitrogens with zero attached hydrogens (tertiary/aromatic N) is 1. The lowest BCUT2D eigenvalue weighted by atomic mass is 9.96. The van der Waals surface area contributed by atoms with E-state index in [2.05, 4.69) is 84.7 Å². The zero-order chi connectivity index (χ0) is 18.4. The van der Waals surface area contributed by atoms with Crippen molar-refractivity contribution in [1.82, 2.24) is 10.2 Å². The Hall–Kier alpha value is -1.91. The Labute approximate surface area is 163 Å². The highest BCUT2D eigenvalue weighted by atomic mass is 32.1. The van der Waals surface area contributed by atoms with Crippen molar-refractivity contribution in [2.45, 2.75) is 32.4 Å². The first-order chi connectivity index (χ1) is 12.7. The van der Waals surface area contributed by atoms with Crippen LogP contribution in [0.5, 0.6) is 0 Å². The Kier molecular flexibility index (Phi) is 6.64. The van der Waals surface area contributed by atoms with Crippen LogP contribution in [0.3, 0.4) is 0 Å². The van der Waals surface area contributed by atoms with Gasteiger partial charge in [0.1, 0.15) is 6.04 Å². The number of rotatable bonds is 5. The number of piperazine rings is 1. The van der Waals surface area contributed by atoms with Gasteiger partial charge >= 0.3 is 0 Å². The molecule has 2 aromatic carbocycles. The van der Waals surface area contributed by atoms with Gasteiger partial charge in [-0.3, -0.25) is 0 Å². The van der Waals surface area contributed by atoms with Gasteiger partial charge in [0.25, 0.3) is 0 Å². The van der Waals surface area contributed by atoms with Crippen LogP contribution in [0.1, 0.15) is 37.4 Å². The zero-order valence-electron chi connectivity index (χ0n) is 15.8. The van der Waals surface area contributed by atoms with Crippen LogP contribution in [0.25, 0.3) is 0 Å². The summed E-state index contributed by atoms with van der Waals surface area (Å²) in [6, 6.07) is 22.6. The van der Waals surface area contributed by atoms with Crippen molar-refractivity contribution >= 4 is 17.3 Å². The molecule has 0 bridgehead atoms. The third-order valence-electron chi connectivity index (χ3n) is 5.35. The minimum atomic E-state index is 0.385. The summed E-state index contributed by atoms with van der Waals surface area (Å²) >= 11 is 5.61. The lowest BCUT2D eigenvalue weighted by molar-refractivity contribution is -0.929. The van der Waals surface area contributed by atoms with E-state index >= 15 is 0 Å². The summed E-state index contributed by atoms with van der Waals surface area (Å²) in [5.74, 6) is 0. The number of nitrogens with one attached hydrogen (secondary N) is 2. The van der Waals surface area contributed by atoms with Crippen LogP contribution in [0.2, 0.25) is 0 Å². The molecule has 0 aliphatic carbocycles. The van der Waals surface area contributed by atoms with Crippen LogP contribution >= 0.6 is 12.2 Å². The molecule has 1 aliphatic heterocycles. The quantitative estimate of drug-likeness (QED) is 0.792. The predicted octanol–water partition coefficient (Wildman–Crippen LogP) is 2.65. The molecule has 26 heavy (non-hydrogen) atoms. The minimum Gasteiger partial charge on any atom is -0.360 e. The van der Waals surface area contributed by atoms with Gasteiger partial charge in [0.2, 0.25) is 0 Å². The van der Waals surface area contributed by atoms with Crippen LogP contribution in [-0.4, -0.2) is 42.2 Å². The molecule has 0 saturated carbocycles. The van der Waals surface area contributed by atoms with Gasteiger partial charge in [-0.25, -0.2) is 0 Å². The van der Waals surface area contributed by atoms with Crippen LogP contribution in [0.4, 0.5) is 0 Å². The molecular formula is C22H30N3S+. The molecule has 2 aromatic rings. The molecule has 1 heterocycles. The average Bonchev–Trinajstić information content (AvgIpc) is 2.70. The fraction of sp³-hybridized carbons (Fsp3) is 0.409. The molecule has 4 heteroatoms. The number of hydrogen-bond donors (Lipinski definition) is 2. The SMILES string of the molecule is CC[C@@H](C)NC(=S)N1CC[NH+](C(c2ccccc2)c2ccccc2)CC1. The van der Waals surface area contributed by atoms with Crippen molar-refractivity contribution < 1.29 is 4.90 Å². The molecule has 1 atom stereocenters. The second kappa shape index (κ2) is 9.15. The lowest BCUT2D eigenvalue weighted by Gasteiger charge is -2.38. The van der Waals surface area contributed by atoms with Crippen molar-refractivity contribution in [2.75, 3.05) is 26.2 Å². The molecule has 0 spiro atoms. The molecule has 0 amide bonds. The monoisotopic (exact) mass is 368 g/mol. The van der Waals surface area contributed by atoms with Gasteiger partial charge in [0.15, 0.2) is 5.11 Å². The second-order valence-electron chi connectivity index (χ2n) is 7.16. The maximum Gasteiger partial charge on any atom is 0.169 e. The molecule has 3 nitrogen and oxygen atoms in total. The highest BCUT2D eigenvalue weighted by Gasteiger charge is 2.30.